The highest BCUT2D eigenvalue weighted by Gasteiger charge is 2.32. The van der Waals surface area contributed by atoms with Crippen LogP contribution >= 0.6 is 0 Å². The molecule has 0 aliphatic carbocycles. The van der Waals surface area contributed by atoms with E-state index in [1.807, 2.05) is 51.6 Å². The van der Waals surface area contributed by atoms with Gasteiger partial charge in [-0.2, -0.15) is 0 Å². The summed E-state index contributed by atoms with van der Waals surface area (Å²) < 4.78 is 13.6. The van der Waals surface area contributed by atoms with Gasteiger partial charge in [-0.3, -0.25) is 9.69 Å². The first-order chi connectivity index (χ1) is 18.7. The van der Waals surface area contributed by atoms with Crippen molar-refractivity contribution in [3.05, 3.63) is 53.7 Å². The standard InChI is InChI=1S/C31H42N4O4/c1-7-8-9-17-39-29-19-25(13-14-28(29)38-6)33-16-15-22(2)35(31(33)37)20-24-11-10-12-27-26(24)18-23(3)34(27)21-30(36)32(4)5/h10-14,18-19,22H,7-9,15-17,20-21H2,1-6H3/t22-/m0/s1. The Morgan fingerprint density at radius 3 is 2.62 bits per heavy atom. The molecule has 0 spiro atoms. The Kier molecular flexibility index (Phi) is 9.04. The number of urea groups is 1. The summed E-state index contributed by atoms with van der Waals surface area (Å²) in [4.78, 5) is 31.7. The van der Waals surface area contributed by atoms with Gasteiger partial charge < -0.3 is 23.8 Å². The zero-order chi connectivity index (χ0) is 28.1. The fourth-order valence-electron chi connectivity index (χ4n) is 5.14. The molecule has 0 bridgehead atoms. The summed E-state index contributed by atoms with van der Waals surface area (Å²) in [6.07, 6.45) is 4.08. The van der Waals surface area contributed by atoms with Gasteiger partial charge in [0.05, 0.1) is 13.7 Å². The van der Waals surface area contributed by atoms with Crippen molar-refractivity contribution < 1.29 is 19.1 Å². The molecule has 1 aliphatic heterocycles. The number of hydrogen-bond acceptors (Lipinski definition) is 4. The molecule has 3 amide bonds. The molecular formula is C31H42N4O4. The summed E-state index contributed by atoms with van der Waals surface area (Å²) in [6, 6.07) is 14.1. The second-order valence-corrected chi connectivity index (χ2v) is 10.6. The molecule has 39 heavy (non-hydrogen) atoms. The Balaban J connectivity index is 1.58. The number of likely N-dealkylation sites (N-methyl/N-ethyl adjacent to an activating group) is 1. The quantitative estimate of drug-likeness (QED) is 0.290. The van der Waals surface area contributed by atoms with Crippen molar-refractivity contribution in [3.63, 3.8) is 0 Å². The van der Waals surface area contributed by atoms with Gasteiger partial charge in [-0.15, -0.1) is 0 Å². The van der Waals surface area contributed by atoms with Gasteiger partial charge in [0.15, 0.2) is 11.5 Å². The van der Waals surface area contributed by atoms with Crippen molar-refractivity contribution in [1.82, 2.24) is 14.4 Å². The van der Waals surface area contributed by atoms with Crippen molar-refractivity contribution in [2.45, 2.75) is 65.6 Å². The molecule has 1 aliphatic rings. The fraction of sp³-hybridized carbons (Fsp3) is 0.484. The lowest BCUT2D eigenvalue weighted by Gasteiger charge is -2.40. The van der Waals surface area contributed by atoms with E-state index in [-0.39, 0.29) is 18.0 Å². The van der Waals surface area contributed by atoms with Crippen LogP contribution < -0.4 is 14.4 Å². The Morgan fingerprint density at radius 1 is 1.10 bits per heavy atom. The smallest absolute Gasteiger partial charge is 0.325 e. The third-order valence-electron chi connectivity index (χ3n) is 7.62. The first kappa shape index (κ1) is 28.3. The van der Waals surface area contributed by atoms with Crippen molar-refractivity contribution in [3.8, 4) is 11.5 Å². The molecule has 8 heteroatoms. The van der Waals surface area contributed by atoms with Crippen LogP contribution in [0.1, 0.15) is 50.8 Å². The molecule has 4 rings (SSSR count). The predicted molar refractivity (Wildman–Crippen MR) is 156 cm³/mol. The first-order valence-electron chi connectivity index (χ1n) is 13.9. The molecule has 2 heterocycles. The number of rotatable bonds is 11. The number of anilines is 1. The molecule has 1 aromatic heterocycles. The average molecular weight is 535 g/mol. The van der Waals surface area contributed by atoms with Crippen LogP contribution in [0.25, 0.3) is 10.9 Å². The summed E-state index contributed by atoms with van der Waals surface area (Å²) in [5, 5.41) is 1.07. The zero-order valence-corrected chi connectivity index (χ0v) is 24.2. The number of amides is 3. The SMILES string of the molecule is CCCCCOc1cc(N2CC[C@H](C)N(Cc3cccc4c3cc(C)n4CC(=O)N(C)C)C2=O)ccc1OC. The van der Waals surface area contributed by atoms with E-state index in [9.17, 15) is 9.59 Å². The van der Waals surface area contributed by atoms with Gasteiger partial charge in [-0.05, 0) is 56.5 Å². The lowest BCUT2D eigenvalue weighted by molar-refractivity contribution is -0.129. The Morgan fingerprint density at radius 2 is 1.90 bits per heavy atom. The van der Waals surface area contributed by atoms with Gasteiger partial charge in [-0.25, -0.2) is 4.79 Å². The van der Waals surface area contributed by atoms with Crippen molar-refractivity contribution in [1.29, 1.82) is 0 Å². The first-order valence-corrected chi connectivity index (χ1v) is 13.9. The molecule has 0 N–H and O–H groups in total. The highest BCUT2D eigenvalue weighted by molar-refractivity contribution is 5.94. The number of unbranched alkanes of at least 4 members (excludes halogenated alkanes) is 2. The monoisotopic (exact) mass is 534 g/mol. The van der Waals surface area contributed by atoms with Gasteiger partial charge in [0.2, 0.25) is 5.91 Å². The Labute approximate surface area is 232 Å². The minimum atomic E-state index is -0.0215. The van der Waals surface area contributed by atoms with Gasteiger partial charge in [0, 0.05) is 61.6 Å². The maximum atomic E-state index is 13.9. The van der Waals surface area contributed by atoms with Crippen molar-refractivity contribution in [2.24, 2.45) is 0 Å². The van der Waals surface area contributed by atoms with Crippen molar-refractivity contribution in [2.75, 3.05) is 39.3 Å². The molecule has 1 saturated heterocycles. The number of methoxy groups -OCH3 is 1. The van der Waals surface area contributed by atoms with Crippen LogP contribution in [0.4, 0.5) is 10.5 Å². The van der Waals surface area contributed by atoms with E-state index < -0.39 is 0 Å². The number of hydrogen-bond donors (Lipinski definition) is 0. The normalized spacial score (nSPS) is 15.6. The third-order valence-corrected chi connectivity index (χ3v) is 7.62. The number of fused-ring (bicyclic) bond motifs is 1. The van der Waals surface area contributed by atoms with Crippen LogP contribution in [0.2, 0.25) is 0 Å². The lowest BCUT2D eigenvalue weighted by Crippen LogP contribution is -2.53. The second kappa shape index (κ2) is 12.5. The number of carbonyl (C=O) groups is 2. The van der Waals surface area contributed by atoms with Crippen LogP contribution in [0.3, 0.4) is 0 Å². The summed E-state index contributed by atoms with van der Waals surface area (Å²) >= 11 is 0. The van der Waals surface area contributed by atoms with Crippen LogP contribution in [0.15, 0.2) is 42.5 Å². The number of nitrogens with zero attached hydrogens (tertiary/aromatic N) is 4. The summed E-state index contributed by atoms with van der Waals surface area (Å²) in [5.74, 6) is 1.38. The van der Waals surface area contributed by atoms with E-state index in [0.29, 0.717) is 37.7 Å². The highest BCUT2D eigenvalue weighted by atomic mass is 16.5. The number of ether oxygens (including phenoxy) is 2. The van der Waals surface area contributed by atoms with E-state index in [4.69, 9.17) is 9.47 Å². The van der Waals surface area contributed by atoms with Gasteiger partial charge >= 0.3 is 6.03 Å². The number of carbonyl (C=O) groups excluding carboxylic acids is 2. The van der Waals surface area contributed by atoms with E-state index in [1.54, 1.807) is 26.1 Å². The largest absolute Gasteiger partial charge is 0.493 e. The van der Waals surface area contributed by atoms with E-state index >= 15 is 0 Å². The fourth-order valence-corrected chi connectivity index (χ4v) is 5.14. The lowest BCUT2D eigenvalue weighted by atomic mass is 10.1. The van der Waals surface area contributed by atoms with Crippen LogP contribution in [0, 0.1) is 6.92 Å². The van der Waals surface area contributed by atoms with Gasteiger partial charge in [-0.1, -0.05) is 31.9 Å². The van der Waals surface area contributed by atoms with Crippen LogP contribution in [-0.4, -0.2) is 66.7 Å². The number of aromatic nitrogens is 1. The maximum absolute atomic E-state index is 13.9. The molecule has 2 aromatic carbocycles. The number of aryl methyl sites for hydroxylation is 1. The molecule has 3 aromatic rings. The van der Waals surface area contributed by atoms with E-state index in [2.05, 4.69) is 26.0 Å². The summed E-state index contributed by atoms with van der Waals surface area (Å²) in [5.41, 5.74) is 3.92. The molecule has 1 atom stereocenters. The molecule has 8 nitrogen and oxygen atoms in total. The van der Waals surface area contributed by atoms with Crippen LogP contribution in [0.5, 0.6) is 11.5 Å². The third kappa shape index (κ3) is 6.15. The minimum absolute atomic E-state index is 0.0215. The molecule has 210 valence electrons. The Bertz CT molecular complexity index is 1320. The highest BCUT2D eigenvalue weighted by Crippen LogP contribution is 2.35. The van der Waals surface area contributed by atoms with Gasteiger partial charge in [0.25, 0.3) is 0 Å². The van der Waals surface area contributed by atoms with Crippen molar-refractivity contribution >= 4 is 28.5 Å². The minimum Gasteiger partial charge on any atom is -0.493 e. The number of benzene rings is 2. The molecule has 0 unspecified atom stereocenters. The zero-order valence-electron chi connectivity index (χ0n) is 24.2. The molecule has 0 saturated carbocycles. The Hall–Kier alpha value is -3.68. The predicted octanol–water partition coefficient (Wildman–Crippen LogP) is 5.84. The summed E-state index contributed by atoms with van der Waals surface area (Å²) in [7, 11) is 5.18. The molecular weight excluding hydrogens is 492 g/mol. The maximum Gasteiger partial charge on any atom is 0.325 e. The van der Waals surface area contributed by atoms with Crippen LogP contribution in [-0.2, 0) is 17.9 Å². The summed E-state index contributed by atoms with van der Waals surface area (Å²) in [6.45, 7) is 8.35. The van der Waals surface area contributed by atoms with E-state index in [0.717, 1.165) is 53.5 Å². The molecule has 0 radical (unpaired) electrons. The van der Waals surface area contributed by atoms with E-state index in [1.165, 1.54) is 0 Å². The molecule has 1 fully saturated rings. The van der Waals surface area contributed by atoms with Gasteiger partial charge in [0.1, 0.15) is 6.54 Å². The topological polar surface area (TPSA) is 67.2 Å². The average Bonchev–Trinajstić information content (AvgIpc) is 3.24. The second-order valence-electron chi connectivity index (χ2n) is 10.6.